The van der Waals surface area contributed by atoms with Gasteiger partial charge in [-0.25, -0.2) is 9.37 Å². The molecule has 1 aliphatic heterocycles. The Balaban J connectivity index is 1.57. The van der Waals surface area contributed by atoms with Gasteiger partial charge in [0.15, 0.2) is 0 Å². The zero-order valence-corrected chi connectivity index (χ0v) is 17.7. The van der Waals surface area contributed by atoms with Gasteiger partial charge < -0.3 is 16.0 Å². The number of primary amides is 1. The van der Waals surface area contributed by atoms with Crippen LogP contribution in [0.2, 0.25) is 0 Å². The van der Waals surface area contributed by atoms with Crippen molar-refractivity contribution in [3.8, 4) is 11.4 Å². The highest BCUT2D eigenvalue weighted by Crippen LogP contribution is 2.26. The quantitative estimate of drug-likeness (QED) is 0.532. The zero-order chi connectivity index (χ0) is 23.5. The van der Waals surface area contributed by atoms with Crippen LogP contribution in [0.25, 0.3) is 11.4 Å². The van der Waals surface area contributed by atoms with E-state index in [2.05, 4.69) is 20.4 Å². The predicted octanol–water partition coefficient (Wildman–Crippen LogP) is 2.20. The maximum atomic E-state index is 13.3. The number of anilines is 2. The number of aromatic nitrogens is 2. The van der Waals surface area contributed by atoms with Gasteiger partial charge in [-0.3, -0.25) is 19.4 Å². The number of hydrogen-bond donors (Lipinski definition) is 3. The van der Waals surface area contributed by atoms with Crippen LogP contribution in [0.5, 0.6) is 0 Å². The molecule has 1 atom stereocenters. The number of carbonyl (C=O) groups excluding carboxylic acids is 2. The molecule has 0 saturated heterocycles. The first-order chi connectivity index (χ1) is 15.8. The highest BCUT2D eigenvalue weighted by atomic mass is 19.1. The molecule has 2 aromatic carbocycles. The summed E-state index contributed by atoms with van der Waals surface area (Å²) >= 11 is 0. The third-order valence-electron chi connectivity index (χ3n) is 5.14. The molecule has 2 amide bonds. The third kappa shape index (κ3) is 4.79. The van der Waals surface area contributed by atoms with Gasteiger partial charge in [-0.1, -0.05) is 19.1 Å². The Bertz CT molecular complexity index is 1300. The lowest BCUT2D eigenvalue weighted by Gasteiger charge is -2.20. The molecule has 3 aromatic rings. The maximum Gasteiger partial charge on any atom is 0.271 e. The van der Waals surface area contributed by atoms with E-state index in [-0.39, 0.29) is 17.7 Å². The van der Waals surface area contributed by atoms with E-state index in [1.807, 2.05) is 6.92 Å². The molecule has 1 aliphatic rings. The fraction of sp³-hybridized carbons (Fsp3) is 0.174. The summed E-state index contributed by atoms with van der Waals surface area (Å²) in [7, 11) is 0. The minimum absolute atomic E-state index is 0.00561. The Kier molecular flexibility index (Phi) is 5.99. The van der Waals surface area contributed by atoms with E-state index in [9.17, 15) is 18.8 Å². The van der Waals surface area contributed by atoms with Crippen molar-refractivity contribution in [1.29, 1.82) is 0 Å². The third-order valence-corrected chi connectivity index (χ3v) is 5.14. The van der Waals surface area contributed by atoms with Crippen molar-refractivity contribution in [3.05, 3.63) is 76.5 Å². The number of rotatable bonds is 6. The molecule has 0 saturated carbocycles. The van der Waals surface area contributed by atoms with Crippen LogP contribution in [0, 0.1) is 5.82 Å². The SMILES string of the molecule is CCc1cc(=O)[nH]c(-c2cccc(NC(=O)C3=NN(c4ccc(F)cc4)C(C(N)=O)C3)c2)n1. The topological polar surface area (TPSA) is 134 Å². The number of hydrogen-bond acceptors (Lipinski definition) is 6. The molecule has 4 rings (SSSR count). The number of aromatic amines is 1. The summed E-state index contributed by atoms with van der Waals surface area (Å²) in [5.41, 5.74) is 7.52. The van der Waals surface area contributed by atoms with E-state index >= 15 is 0 Å². The van der Waals surface area contributed by atoms with Crippen LogP contribution in [0.15, 0.2) is 64.5 Å². The first kappa shape index (κ1) is 21.9. The highest BCUT2D eigenvalue weighted by molar-refractivity contribution is 6.44. The lowest BCUT2D eigenvalue weighted by Crippen LogP contribution is -2.39. The van der Waals surface area contributed by atoms with E-state index in [0.717, 1.165) is 0 Å². The van der Waals surface area contributed by atoms with E-state index in [4.69, 9.17) is 5.73 Å². The molecule has 4 N–H and O–H groups in total. The zero-order valence-electron chi connectivity index (χ0n) is 17.7. The average Bonchev–Trinajstić information content (AvgIpc) is 3.25. The van der Waals surface area contributed by atoms with Crippen LogP contribution in [0.3, 0.4) is 0 Å². The van der Waals surface area contributed by atoms with Crippen molar-refractivity contribution < 1.29 is 14.0 Å². The van der Waals surface area contributed by atoms with Gasteiger partial charge in [0.25, 0.3) is 11.5 Å². The van der Waals surface area contributed by atoms with Crippen molar-refractivity contribution in [2.45, 2.75) is 25.8 Å². The van der Waals surface area contributed by atoms with Gasteiger partial charge in [0.2, 0.25) is 5.91 Å². The van der Waals surface area contributed by atoms with Gasteiger partial charge in [-0.2, -0.15) is 5.10 Å². The Hall–Kier alpha value is -4.34. The molecule has 0 radical (unpaired) electrons. The summed E-state index contributed by atoms with van der Waals surface area (Å²) in [6.07, 6.45) is 0.615. The minimum Gasteiger partial charge on any atom is -0.368 e. The van der Waals surface area contributed by atoms with Gasteiger partial charge in [0.1, 0.15) is 23.4 Å². The highest BCUT2D eigenvalue weighted by Gasteiger charge is 2.35. The first-order valence-electron chi connectivity index (χ1n) is 10.3. The number of aryl methyl sites for hydroxylation is 1. The van der Waals surface area contributed by atoms with E-state index < -0.39 is 23.7 Å². The second-order valence-electron chi connectivity index (χ2n) is 7.46. The van der Waals surface area contributed by atoms with Gasteiger partial charge in [0.05, 0.1) is 5.69 Å². The van der Waals surface area contributed by atoms with Crippen molar-refractivity contribution in [1.82, 2.24) is 9.97 Å². The van der Waals surface area contributed by atoms with Gasteiger partial charge in [-0.15, -0.1) is 0 Å². The summed E-state index contributed by atoms with van der Waals surface area (Å²) in [6, 6.07) is 12.8. The largest absolute Gasteiger partial charge is 0.368 e. The number of nitrogens with one attached hydrogen (secondary N) is 2. The van der Waals surface area contributed by atoms with Crippen LogP contribution in [-0.4, -0.2) is 33.5 Å². The van der Waals surface area contributed by atoms with Crippen LogP contribution in [0.1, 0.15) is 19.0 Å². The summed E-state index contributed by atoms with van der Waals surface area (Å²) in [4.78, 5) is 43.8. The second-order valence-corrected chi connectivity index (χ2v) is 7.46. The fourth-order valence-corrected chi connectivity index (χ4v) is 3.47. The van der Waals surface area contributed by atoms with E-state index in [0.29, 0.717) is 34.9 Å². The Morgan fingerprint density at radius 3 is 2.67 bits per heavy atom. The lowest BCUT2D eigenvalue weighted by atomic mass is 10.1. The monoisotopic (exact) mass is 448 g/mol. The molecule has 9 nitrogen and oxygen atoms in total. The van der Waals surface area contributed by atoms with Crippen molar-refractivity contribution in [2.75, 3.05) is 10.3 Å². The minimum atomic E-state index is -0.867. The van der Waals surface area contributed by atoms with Crippen LogP contribution in [0.4, 0.5) is 15.8 Å². The molecule has 2 heterocycles. The molecule has 168 valence electrons. The number of benzene rings is 2. The summed E-state index contributed by atoms with van der Waals surface area (Å²) < 4.78 is 13.3. The molecule has 10 heteroatoms. The fourth-order valence-electron chi connectivity index (χ4n) is 3.47. The predicted molar refractivity (Wildman–Crippen MR) is 122 cm³/mol. The van der Waals surface area contributed by atoms with E-state index in [1.165, 1.54) is 35.3 Å². The Morgan fingerprint density at radius 2 is 1.97 bits per heavy atom. The molecule has 1 unspecified atom stereocenters. The number of halogens is 1. The number of carbonyl (C=O) groups is 2. The number of hydrazone groups is 1. The molecule has 33 heavy (non-hydrogen) atoms. The summed E-state index contributed by atoms with van der Waals surface area (Å²) in [6.45, 7) is 1.90. The molecule has 0 spiro atoms. The van der Waals surface area contributed by atoms with Crippen molar-refractivity contribution >= 4 is 28.9 Å². The smallest absolute Gasteiger partial charge is 0.271 e. The number of nitrogens with two attached hydrogens (primary N) is 1. The molecule has 0 fully saturated rings. The Labute approximate surface area is 188 Å². The number of nitrogens with zero attached hydrogens (tertiary/aromatic N) is 3. The van der Waals surface area contributed by atoms with Crippen LogP contribution < -0.4 is 21.6 Å². The molecule has 0 bridgehead atoms. The first-order valence-corrected chi connectivity index (χ1v) is 10.3. The van der Waals surface area contributed by atoms with E-state index in [1.54, 1.807) is 24.3 Å². The molecular formula is C23H21FN6O3. The van der Waals surface area contributed by atoms with Crippen molar-refractivity contribution in [3.63, 3.8) is 0 Å². The lowest BCUT2D eigenvalue weighted by molar-refractivity contribution is -0.119. The van der Waals surface area contributed by atoms with Gasteiger partial charge in [0, 0.05) is 29.4 Å². The number of H-pyrrole nitrogens is 1. The van der Waals surface area contributed by atoms with Crippen molar-refractivity contribution in [2.24, 2.45) is 10.8 Å². The van der Waals surface area contributed by atoms with Gasteiger partial charge in [-0.05, 0) is 42.8 Å². The second kappa shape index (κ2) is 9.03. The molecule has 0 aliphatic carbocycles. The number of amides is 2. The van der Waals surface area contributed by atoms with Gasteiger partial charge >= 0.3 is 0 Å². The van der Waals surface area contributed by atoms with Crippen LogP contribution >= 0.6 is 0 Å². The van der Waals surface area contributed by atoms with Crippen LogP contribution in [-0.2, 0) is 16.0 Å². The standard InChI is InChI=1S/C23H21FN6O3/c1-2-15-11-20(31)28-22(26-15)13-4-3-5-16(10-13)27-23(33)18-12-19(21(25)32)30(29-18)17-8-6-14(24)7-9-17/h3-11,19H,2,12H2,1H3,(H2,25,32)(H,27,33)(H,26,28,31). The molecular weight excluding hydrogens is 427 g/mol. The average molecular weight is 448 g/mol. The Morgan fingerprint density at radius 1 is 1.21 bits per heavy atom. The molecule has 1 aromatic heterocycles. The maximum absolute atomic E-state index is 13.3. The summed E-state index contributed by atoms with van der Waals surface area (Å²) in [5.74, 6) is -1.20. The summed E-state index contributed by atoms with van der Waals surface area (Å²) in [5, 5.41) is 8.32. The normalized spacial score (nSPS) is 15.3.